The van der Waals surface area contributed by atoms with Gasteiger partial charge in [0.15, 0.2) is 0 Å². The average Bonchev–Trinajstić information content (AvgIpc) is 3.18. The summed E-state index contributed by atoms with van der Waals surface area (Å²) in [5.74, 6) is -0.438. The van der Waals surface area contributed by atoms with Gasteiger partial charge >= 0.3 is 0 Å². The zero-order valence-corrected chi connectivity index (χ0v) is 16.4. The summed E-state index contributed by atoms with van der Waals surface area (Å²) in [5, 5.41) is 7.29. The normalized spacial score (nSPS) is 13.1. The van der Waals surface area contributed by atoms with E-state index >= 15 is 0 Å². The number of fused-ring (bicyclic) bond motifs is 1. The summed E-state index contributed by atoms with van der Waals surface area (Å²) in [6.45, 7) is 5.65. The minimum Gasteiger partial charge on any atom is -0.352 e. The average molecular weight is 382 g/mol. The second-order valence-corrected chi connectivity index (χ2v) is 6.99. The Morgan fingerprint density at radius 1 is 1.07 bits per heavy atom. The third-order valence-corrected chi connectivity index (χ3v) is 5.01. The van der Waals surface area contributed by atoms with Crippen LogP contribution in [0.15, 0.2) is 30.5 Å². The summed E-state index contributed by atoms with van der Waals surface area (Å²) >= 11 is 0. The summed E-state index contributed by atoms with van der Waals surface area (Å²) in [4.78, 5) is 37.9. The molecule has 2 aromatic rings. The Bertz CT molecular complexity index is 853. The largest absolute Gasteiger partial charge is 0.352 e. The molecule has 148 valence electrons. The number of hydrogen-bond donors (Lipinski definition) is 1. The van der Waals surface area contributed by atoms with Crippen molar-refractivity contribution in [2.45, 2.75) is 52.6 Å². The molecule has 0 aliphatic carbocycles. The SMILES string of the molecule is CCn1cc(CNC(=O)CCCCCN2C(=O)c3ccccc3C2=O)c(C)n1. The fourth-order valence-electron chi connectivity index (χ4n) is 3.35. The first-order valence-corrected chi connectivity index (χ1v) is 9.76. The Kier molecular flexibility index (Phi) is 6.23. The molecule has 0 fully saturated rings. The van der Waals surface area contributed by atoms with Gasteiger partial charge in [-0.2, -0.15) is 5.10 Å². The highest BCUT2D eigenvalue weighted by atomic mass is 16.2. The van der Waals surface area contributed by atoms with Gasteiger partial charge in [-0.3, -0.25) is 24.0 Å². The number of amides is 3. The molecule has 7 heteroatoms. The molecule has 0 unspecified atom stereocenters. The first kappa shape index (κ1) is 19.8. The van der Waals surface area contributed by atoms with Crippen LogP contribution in [0.25, 0.3) is 0 Å². The van der Waals surface area contributed by atoms with Crippen LogP contribution < -0.4 is 5.32 Å². The fourth-order valence-corrected chi connectivity index (χ4v) is 3.35. The minimum atomic E-state index is -0.221. The van der Waals surface area contributed by atoms with Crippen LogP contribution in [-0.4, -0.2) is 38.9 Å². The molecule has 1 aliphatic rings. The Labute approximate surface area is 164 Å². The summed E-state index contributed by atoms with van der Waals surface area (Å²) < 4.78 is 1.86. The number of carbonyl (C=O) groups excluding carboxylic acids is 3. The molecule has 1 aliphatic heterocycles. The van der Waals surface area contributed by atoms with Crippen LogP contribution in [0, 0.1) is 6.92 Å². The number of aromatic nitrogens is 2. The Morgan fingerprint density at radius 3 is 2.36 bits per heavy atom. The quantitative estimate of drug-likeness (QED) is 0.534. The van der Waals surface area contributed by atoms with Gasteiger partial charge in [0.05, 0.1) is 16.8 Å². The van der Waals surface area contributed by atoms with Gasteiger partial charge in [-0.25, -0.2) is 0 Å². The highest BCUT2D eigenvalue weighted by molar-refractivity contribution is 6.21. The molecular weight excluding hydrogens is 356 g/mol. The highest BCUT2D eigenvalue weighted by Crippen LogP contribution is 2.22. The van der Waals surface area contributed by atoms with Gasteiger partial charge < -0.3 is 5.32 Å². The lowest BCUT2D eigenvalue weighted by Crippen LogP contribution is -2.30. The van der Waals surface area contributed by atoms with Crippen LogP contribution >= 0.6 is 0 Å². The molecule has 0 saturated heterocycles. The van der Waals surface area contributed by atoms with Crippen LogP contribution in [0.1, 0.15) is 64.6 Å². The molecule has 0 spiro atoms. The Morgan fingerprint density at radius 2 is 1.75 bits per heavy atom. The minimum absolute atomic E-state index is 0.00405. The smallest absolute Gasteiger partial charge is 0.261 e. The van der Waals surface area contributed by atoms with Crippen LogP contribution in [-0.2, 0) is 17.9 Å². The molecule has 0 radical (unpaired) electrons. The van der Waals surface area contributed by atoms with Crippen molar-refractivity contribution in [2.75, 3.05) is 6.54 Å². The van der Waals surface area contributed by atoms with Crippen molar-refractivity contribution in [2.24, 2.45) is 0 Å². The molecule has 2 heterocycles. The second-order valence-electron chi connectivity index (χ2n) is 6.99. The van der Waals surface area contributed by atoms with Gasteiger partial charge in [0.2, 0.25) is 5.91 Å². The molecule has 3 rings (SSSR count). The molecule has 0 atom stereocenters. The van der Waals surface area contributed by atoms with E-state index in [1.165, 1.54) is 4.90 Å². The van der Waals surface area contributed by atoms with Crippen molar-refractivity contribution in [1.82, 2.24) is 20.0 Å². The first-order chi connectivity index (χ1) is 13.5. The Hall–Kier alpha value is -2.96. The highest BCUT2D eigenvalue weighted by Gasteiger charge is 2.34. The molecule has 7 nitrogen and oxygen atoms in total. The van der Waals surface area contributed by atoms with E-state index in [2.05, 4.69) is 10.4 Å². The first-order valence-electron chi connectivity index (χ1n) is 9.76. The maximum Gasteiger partial charge on any atom is 0.261 e. The number of carbonyl (C=O) groups is 3. The lowest BCUT2D eigenvalue weighted by Gasteiger charge is -2.13. The zero-order valence-electron chi connectivity index (χ0n) is 16.4. The van der Waals surface area contributed by atoms with Gasteiger partial charge in [0.1, 0.15) is 0 Å². The molecular formula is C21H26N4O3. The van der Waals surface area contributed by atoms with E-state index in [1.807, 2.05) is 24.7 Å². The number of nitrogens with zero attached hydrogens (tertiary/aromatic N) is 3. The number of aryl methyl sites for hydroxylation is 2. The van der Waals surface area contributed by atoms with E-state index in [0.717, 1.165) is 30.6 Å². The number of imide groups is 1. The molecule has 1 N–H and O–H groups in total. The van der Waals surface area contributed by atoms with Crippen LogP contribution in [0.4, 0.5) is 0 Å². The van der Waals surface area contributed by atoms with E-state index in [4.69, 9.17) is 0 Å². The van der Waals surface area contributed by atoms with E-state index in [0.29, 0.717) is 37.1 Å². The van der Waals surface area contributed by atoms with E-state index in [1.54, 1.807) is 24.3 Å². The Balaban J connectivity index is 1.35. The molecule has 3 amide bonds. The van der Waals surface area contributed by atoms with Gasteiger partial charge in [-0.05, 0) is 38.8 Å². The van der Waals surface area contributed by atoms with Crippen molar-refractivity contribution >= 4 is 17.7 Å². The predicted octanol–water partition coefficient (Wildman–Crippen LogP) is 2.68. The standard InChI is InChI=1S/C21H26N4O3/c1-3-24-14-16(15(2)23-24)13-22-19(26)11-5-4-8-12-25-20(27)17-9-6-7-10-18(17)21(25)28/h6-7,9-10,14H,3-5,8,11-13H2,1-2H3,(H,22,26). The van der Waals surface area contributed by atoms with E-state index in [9.17, 15) is 14.4 Å². The fraction of sp³-hybridized carbons (Fsp3) is 0.429. The van der Waals surface area contributed by atoms with Gasteiger partial charge in [-0.1, -0.05) is 18.6 Å². The van der Waals surface area contributed by atoms with Crippen molar-refractivity contribution < 1.29 is 14.4 Å². The number of benzene rings is 1. The lowest BCUT2D eigenvalue weighted by molar-refractivity contribution is -0.121. The lowest BCUT2D eigenvalue weighted by atomic mass is 10.1. The molecule has 0 saturated carbocycles. The summed E-state index contributed by atoms with van der Waals surface area (Å²) in [5.41, 5.74) is 2.92. The van der Waals surface area contributed by atoms with Crippen LogP contribution in [0.3, 0.4) is 0 Å². The van der Waals surface area contributed by atoms with Gasteiger partial charge in [0, 0.05) is 37.8 Å². The molecule has 28 heavy (non-hydrogen) atoms. The van der Waals surface area contributed by atoms with Crippen molar-refractivity contribution in [1.29, 1.82) is 0 Å². The van der Waals surface area contributed by atoms with Crippen LogP contribution in [0.2, 0.25) is 0 Å². The van der Waals surface area contributed by atoms with Crippen molar-refractivity contribution in [3.63, 3.8) is 0 Å². The number of unbranched alkanes of at least 4 members (excludes halogenated alkanes) is 2. The third kappa shape index (κ3) is 4.30. The van der Waals surface area contributed by atoms with Crippen LogP contribution in [0.5, 0.6) is 0 Å². The zero-order chi connectivity index (χ0) is 20.1. The number of hydrogen-bond acceptors (Lipinski definition) is 4. The predicted molar refractivity (Wildman–Crippen MR) is 105 cm³/mol. The molecule has 0 bridgehead atoms. The topological polar surface area (TPSA) is 84.3 Å². The second kappa shape index (κ2) is 8.82. The van der Waals surface area contributed by atoms with E-state index in [-0.39, 0.29) is 17.7 Å². The third-order valence-electron chi connectivity index (χ3n) is 5.01. The summed E-state index contributed by atoms with van der Waals surface area (Å²) in [7, 11) is 0. The van der Waals surface area contributed by atoms with E-state index < -0.39 is 0 Å². The number of rotatable bonds is 9. The monoisotopic (exact) mass is 382 g/mol. The van der Waals surface area contributed by atoms with Crippen molar-refractivity contribution in [3.8, 4) is 0 Å². The summed E-state index contributed by atoms with van der Waals surface area (Å²) in [6.07, 6.45) is 4.59. The molecule has 1 aromatic carbocycles. The van der Waals surface area contributed by atoms with Crippen molar-refractivity contribution in [3.05, 3.63) is 52.8 Å². The van der Waals surface area contributed by atoms with Gasteiger partial charge in [0.25, 0.3) is 11.8 Å². The summed E-state index contributed by atoms with van der Waals surface area (Å²) in [6, 6.07) is 6.90. The molecule has 1 aromatic heterocycles. The van der Waals surface area contributed by atoms with Gasteiger partial charge in [-0.15, -0.1) is 0 Å². The maximum atomic E-state index is 12.3. The number of nitrogens with one attached hydrogen (secondary N) is 1. The maximum absolute atomic E-state index is 12.3.